The molecule has 0 aliphatic carbocycles. The summed E-state index contributed by atoms with van der Waals surface area (Å²) < 4.78 is 0. The Morgan fingerprint density at radius 1 is 1.15 bits per heavy atom. The SMILES string of the molecule is CC(=O)N1CCC2(C/C=C/C[C@H]3CN(Cc4cnc(C)nc4)CC[C@H]3NC(=O)CNC2=O)CC1. The molecule has 2 saturated heterocycles. The first-order chi connectivity index (χ1) is 16.3. The molecule has 0 bridgehead atoms. The van der Waals surface area contributed by atoms with E-state index in [1.807, 2.05) is 19.3 Å². The van der Waals surface area contributed by atoms with Crippen LogP contribution in [0.3, 0.4) is 0 Å². The Balaban J connectivity index is 1.44. The largest absolute Gasteiger partial charge is 0.351 e. The fourth-order valence-corrected chi connectivity index (χ4v) is 5.40. The fraction of sp³-hybridized carbons (Fsp3) is 0.640. The highest BCUT2D eigenvalue weighted by atomic mass is 16.2. The van der Waals surface area contributed by atoms with E-state index in [0.717, 1.165) is 43.9 Å². The van der Waals surface area contributed by atoms with Crippen molar-refractivity contribution in [2.45, 2.75) is 58.5 Å². The van der Waals surface area contributed by atoms with Crippen molar-refractivity contribution in [3.63, 3.8) is 0 Å². The van der Waals surface area contributed by atoms with Crippen LogP contribution in [0.5, 0.6) is 0 Å². The minimum atomic E-state index is -0.564. The molecule has 1 aromatic heterocycles. The van der Waals surface area contributed by atoms with E-state index in [1.165, 1.54) is 0 Å². The first-order valence-electron chi connectivity index (χ1n) is 12.3. The van der Waals surface area contributed by atoms with Crippen LogP contribution in [-0.4, -0.2) is 76.3 Å². The molecule has 2 atom stereocenters. The molecule has 0 radical (unpaired) electrons. The maximum absolute atomic E-state index is 13.1. The summed E-state index contributed by atoms with van der Waals surface area (Å²) in [5.41, 5.74) is 0.532. The van der Waals surface area contributed by atoms with Crippen LogP contribution in [0, 0.1) is 18.3 Å². The molecule has 0 aromatic carbocycles. The van der Waals surface area contributed by atoms with Crippen molar-refractivity contribution in [2.24, 2.45) is 11.3 Å². The van der Waals surface area contributed by atoms with Crippen molar-refractivity contribution in [1.82, 2.24) is 30.4 Å². The van der Waals surface area contributed by atoms with Crippen molar-refractivity contribution in [3.05, 3.63) is 35.9 Å². The van der Waals surface area contributed by atoms with Crippen LogP contribution in [0.4, 0.5) is 0 Å². The molecule has 4 rings (SSSR count). The number of fused-ring (bicyclic) bond motifs is 1. The zero-order valence-corrected chi connectivity index (χ0v) is 20.3. The highest BCUT2D eigenvalue weighted by Crippen LogP contribution is 2.36. The van der Waals surface area contributed by atoms with Gasteiger partial charge < -0.3 is 15.5 Å². The maximum Gasteiger partial charge on any atom is 0.239 e. The van der Waals surface area contributed by atoms with E-state index in [-0.39, 0.29) is 30.3 Å². The number of aryl methyl sites for hydroxylation is 1. The minimum Gasteiger partial charge on any atom is -0.351 e. The van der Waals surface area contributed by atoms with Crippen LogP contribution in [0.1, 0.15) is 50.4 Å². The lowest BCUT2D eigenvalue weighted by molar-refractivity contribution is -0.140. The average molecular weight is 469 g/mol. The Hall–Kier alpha value is -2.81. The lowest BCUT2D eigenvalue weighted by Gasteiger charge is -2.41. The second-order valence-electron chi connectivity index (χ2n) is 9.98. The van der Waals surface area contributed by atoms with Crippen LogP contribution in [0.25, 0.3) is 0 Å². The van der Waals surface area contributed by atoms with Gasteiger partial charge in [-0.05, 0) is 44.9 Å². The lowest BCUT2D eigenvalue weighted by Crippen LogP contribution is -2.54. The molecule has 9 nitrogen and oxygen atoms in total. The van der Waals surface area contributed by atoms with Gasteiger partial charge in [0.2, 0.25) is 17.7 Å². The molecule has 1 spiro atoms. The van der Waals surface area contributed by atoms with Crippen LogP contribution >= 0.6 is 0 Å². The Morgan fingerprint density at radius 2 is 1.88 bits per heavy atom. The Kier molecular flexibility index (Phi) is 7.60. The summed E-state index contributed by atoms with van der Waals surface area (Å²) in [6, 6.07) is 0.0896. The second-order valence-corrected chi connectivity index (χ2v) is 9.98. The number of hydrogen-bond donors (Lipinski definition) is 2. The first-order valence-corrected chi connectivity index (χ1v) is 12.3. The molecule has 184 valence electrons. The predicted octanol–water partition coefficient (Wildman–Crippen LogP) is 1.19. The first kappa shape index (κ1) is 24.3. The normalized spacial score (nSPS) is 27.1. The zero-order chi connectivity index (χ0) is 24.1. The third-order valence-electron chi connectivity index (χ3n) is 7.58. The van der Waals surface area contributed by atoms with Gasteiger partial charge in [-0.3, -0.25) is 19.3 Å². The van der Waals surface area contributed by atoms with Gasteiger partial charge in [-0.25, -0.2) is 9.97 Å². The van der Waals surface area contributed by atoms with Crippen molar-refractivity contribution in [1.29, 1.82) is 0 Å². The molecular weight excluding hydrogens is 432 g/mol. The summed E-state index contributed by atoms with van der Waals surface area (Å²) in [6.07, 6.45) is 11.7. The predicted molar refractivity (Wildman–Crippen MR) is 127 cm³/mol. The number of nitrogens with zero attached hydrogens (tertiary/aromatic N) is 4. The fourth-order valence-electron chi connectivity index (χ4n) is 5.40. The summed E-state index contributed by atoms with van der Waals surface area (Å²) in [7, 11) is 0. The van der Waals surface area contributed by atoms with Gasteiger partial charge in [0.05, 0.1) is 12.0 Å². The number of nitrogens with one attached hydrogen (secondary N) is 2. The molecule has 0 saturated carbocycles. The molecule has 4 heterocycles. The number of aromatic nitrogens is 2. The van der Waals surface area contributed by atoms with Crippen LogP contribution in [-0.2, 0) is 20.9 Å². The molecule has 9 heteroatoms. The van der Waals surface area contributed by atoms with E-state index >= 15 is 0 Å². The van der Waals surface area contributed by atoms with Gasteiger partial charge >= 0.3 is 0 Å². The topological polar surface area (TPSA) is 108 Å². The molecular formula is C25H36N6O3. The second kappa shape index (κ2) is 10.6. The van der Waals surface area contributed by atoms with Gasteiger partial charge in [0.25, 0.3) is 0 Å². The number of rotatable bonds is 2. The Bertz CT molecular complexity index is 923. The van der Waals surface area contributed by atoms with Crippen molar-refractivity contribution in [2.75, 3.05) is 32.7 Å². The number of carbonyl (C=O) groups excluding carboxylic acids is 3. The van der Waals surface area contributed by atoms with Gasteiger partial charge in [0.15, 0.2) is 0 Å². The quantitative estimate of drug-likeness (QED) is 0.632. The smallest absolute Gasteiger partial charge is 0.239 e. The summed E-state index contributed by atoms with van der Waals surface area (Å²) in [5.74, 6) is 0.896. The van der Waals surface area contributed by atoms with Crippen molar-refractivity contribution >= 4 is 17.7 Å². The van der Waals surface area contributed by atoms with Crippen LogP contribution < -0.4 is 10.6 Å². The number of hydrogen-bond acceptors (Lipinski definition) is 6. The number of carbonyl (C=O) groups is 3. The average Bonchev–Trinajstić information content (AvgIpc) is 2.82. The number of allylic oxidation sites excluding steroid dienone is 2. The molecule has 34 heavy (non-hydrogen) atoms. The summed E-state index contributed by atoms with van der Waals surface area (Å²) >= 11 is 0. The summed E-state index contributed by atoms with van der Waals surface area (Å²) in [4.78, 5) is 50.3. The van der Waals surface area contributed by atoms with E-state index in [1.54, 1.807) is 11.8 Å². The van der Waals surface area contributed by atoms with Gasteiger partial charge in [-0.1, -0.05) is 12.2 Å². The van der Waals surface area contributed by atoms with Gasteiger partial charge in [0, 0.05) is 63.6 Å². The lowest BCUT2D eigenvalue weighted by atomic mass is 9.74. The van der Waals surface area contributed by atoms with Crippen molar-refractivity contribution < 1.29 is 14.4 Å². The third kappa shape index (κ3) is 5.81. The van der Waals surface area contributed by atoms with Crippen LogP contribution in [0.15, 0.2) is 24.5 Å². The van der Waals surface area contributed by atoms with Gasteiger partial charge in [-0.2, -0.15) is 0 Å². The molecule has 2 N–H and O–H groups in total. The summed E-state index contributed by atoms with van der Waals surface area (Å²) in [6.45, 7) is 7.17. The Morgan fingerprint density at radius 3 is 2.59 bits per heavy atom. The maximum atomic E-state index is 13.1. The zero-order valence-electron chi connectivity index (χ0n) is 20.3. The Labute approximate surface area is 201 Å². The molecule has 3 amide bonds. The van der Waals surface area contributed by atoms with Gasteiger partial charge in [0.1, 0.15) is 5.82 Å². The molecule has 3 aliphatic heterocycles. The van der Waals surface area contributed by atoms with Crippen molar-refractivity contribution in [3.8, 4) is 0 Å². The standard InChI is InChI=1S/C25H36N6O3/c1-18-26-13-20(14-27-18)16-30-10-6-22-21(17-30)5-3-4-7-25(24(34)28-15-23(33)29-22)8-11-31(12-9-25)19(2)32/h3-4,13-14,21-22H,5-12,15-17H2,1-2H3,(H,28,34)(H,29,33)/b4-3+/t21-,22+/m0/s1. The molecule has 3 aliphatic rings. The highest BCUT2D eigenvalue weighted by Gasteiger charge is 2.41. The number of likely N-dealkylation sites (tertiary alicyclic amines) is 2. The van der Waals surface area contributed by atoms with Gasteiger partial charge in [-0.15, -0.1) is 0 Å². The number of amides is 3. The monoisotopic (exact) mass is 468 g/mol. The van der Waals surface area contributed by atoms with E-state index < -0.39 is 5.41 Å². The third-order valence-corrected chi connectivity index (χ3v) is 7.58. The molecule has 2 fully saturated rings. The summed E-state index contributed by atoms with van der Waals surface area (Å²) in [5, 5.41) is 6.05. The molecule has 0 unspecified atom stereocenters. The number of piperidine rings is 2. The van der Waals surface area contributed by atoms with E-state index in [9.17, 15) is 14.4 Å². The van der Waals surface area contributed by atoms with E-state index in [2.05, 4.69) is 37.7 Å². The van der Waals surface area contributed by atoms with E-state index in [0.29, 0.717) is 38.3 Å². The molecule has 1 aromatic rings. The van der Waals surface area contributed by atoms with Crippen LogP contribution in [0.2, 0.25) is 0 Å². The van der Waals surface area contributed by atoms with E-state index in [4.69, 9.17) is 0 Å². The highest BCUT2D eigenvalue weighted by molar-refractivity contribution is 5.88. The minimum absolute atomic E-state index is 0.00560.